The van der Waals surface area contributed by atoms with E-state index in [1.54, 1.807) is 18.2 Å². The van der Waals surface area contributed by atoms with E-state index >= 15 is 0 Å². The van der Waals surface area contributed by atoms with Gasteiger partial charge >= 0.3 is 6.03 Å². The van der Waals surface area contributed by atoms with Gasteiger partial charge in [-0.3, -0.25) is 19.8 Å². The predicted molar refractivity (Wildman–Crippen MR) is 99.1 cm³/mol. The van der Waals surface area contributed by atoms with Gasteiger partial charge in [0.05, 0.1) is 12.6 Å². The molecule has 0 saturated carbocycles. The lowest BCUT2D eigenvalue weighted by Gasteiger charge is -2.35. The van der Waals surface area contributed by atoms with Crippen molar-refractivity contribution in [1.82, 2.24) is 20.5 Å². The molecule has 0 spiro atoms. The van der Waals surface area contributed by atoms with E-state index in [1.807, 2.05) is 0 Å². The van der Waals surface area contributed by atoms with Gasteiger partial charge in [0.2, 0.25) is 11.8 Å². The number of urea groups is 1. The Morgan fingerprint density at radius 2 is 2.18 bits per heavy atom. The van der Waals surface area contributed by atoms with Gasteiger partial charge in [0.15, 0.2) is 0 Å². The van der Waals surface area contributed by atoms with Crippen LogP contribution in [0.2, 0.25) is 0 Å². The molecule has 0 unspecified atom stereocenters. The topological polar surface area (TPSA) is 143 Å². The quantitative estimate of drug-likeness (QED) is 0.245. The van der Waals surface area contributed by atoms with Gasteiger partial charge in [-0.05, 0) is 36.2 Å². The average Bonchev–Trinajstić information content (AvgIpc) is 3.04. The first kappa shape index (κ1) is 17.6. The molecule has 10 heteroatoms. The lowest BCUT2D eigenvalue weighted by molar-refractivity contribution is -0.143. The predicted octanol–water partition coefficient (Wildman–Crippen LogP) is 1.62. The number of azide groups is 1. The van der Waals surface area contributed by atoms with E-state index in [4.69, 9.17) is 12.0 Å². The Labute approximate surface area is 158 Å². The summed E-state index contributed by atoms with van der Waals surface area (Å²) in [6, 6.07) is 3.78. The highest BCUT2D eigenvalue weighted by atomic mass is 16.2. The maximum atomic E-state index is 12.8. The van der Waals surface area contributed by atoms with Crippen LogP contribution < -0.4 is 10.6 Å². The first-order valence-corrected chi connectivity index (χ1v) is 8.57. The summed E-state index contributed by atoms with van der Waals surface area (Å²) in [5.41, 5.74) is 11.6. The van der Waals surface area contributed by atoms with Crippen molar-refractivity contribution in [2.24, 2.45) is 11.0 Å². The number of imide groups is 2. The van der Waals surface area contributed by atoms with Crippen LogP contribution in [-0.4, -0.2) is 40.8 Å². The van der Waals surface area contributed by atoms with Crippen LogP contribution in [0.15, 0.2) is 23.3 Å². The fourth-order valence-corrected chi connectivity index (χ4v) is 3.81. The molecule has 4 amide bonds. The molecule has 1 saturated heterocycles. The van der Waals surface area contributed by atoms with Crippen LogP contribution in [0.5, 0.6) is 0 Å². The number of aromatic amines is 1. The molecule has 3 heterocycles. The number of benzene rings is 1. The number of terminal acetylenes is 1. The third-order valence-electron chi connectivity index (χ3n) is 5.01. The first-order valence-electron chi connectivity index (χ1n) is 8.57. The Morgan fingerprint density at radius 3 is 2.93 bits per heavy atom. The van der Waals surface area contributed by atoms with E-state index in [1.165, 1.54) is 0 Å². The Hall–Kier alpha value is -3.80. The van der Waals surface area contributed by atoms with Crippen LogP contribution in [0.25, 0.3) is 21.3 Å². The number of fused-ring (bicyclic) bond motifs is 3. The monoisotopic (exact) mass is 377 g/mol. The number of hydrogen-bond acceptors (Lipinski definition) is 5. The molecule has 1 aromatic heterocycles. The van der Waals surface area contributed by atoms with Crippen LogP contribution in [0.1, 0.15) is 17.3 Å². The smallest absolute Gasteiger partial charge is 0.331 e. The second kappa shape index (κ2) is 6.74. The number of nitrogens with zero attached hydrogens (tertiary/aromatic N) is 4. The molecule has 2 aliphatic rings. The summed E-state index contributed by atoms with van der Waals surface area (Å²) in [6.07, 6.45) is 5.91. The molecule has 10 nitrogen and oxygen atoms in total. The summed E-state index contributed by atoms with van der Waals surface area (Å²) in [4.78, 5) is 44.2. The standard InChI is InChI=1S/C18H15N7O3/c1-2-7-25-17(27)13(16(26)22-18(25)28)15-14-10(5-6-20-15)11-8-9(23-24-19)3-4-12(11)21-14/h1,3-4,8,13,15,20-21H,5-7H2,(H,22,26,28)/t13-,15-/m1/s1. The fourth-order valence-electron chi connectivity index (χ4n) is 3.81. The lowest BCUT2D eigenvalue weighted by Crippen LogP contribution is -2.61. The van der Waals surface area contributed by atoms with Crippen LogP contribution in [-0.2, 0) is 16.0 Å². The van der Waals surface area contributed by atoms with E-state index < -0.39 is 29.8 Å². The van der Waals surface area contributed by atoms with E-state index in [2.05, 4.69) is 31.6 Å². The van der Waals surface area contributed by atoms with Crippen LogP contribution in [0.4, 0.5) is 10.5 Å². The second-order valence-electron chi connectivity index (χ2n) is 6.52. The Morgan fingerprint density at radius 1 is 1.36 bits per heavy atom. The summed E-state index contributed by atoms with van der Waals surface area (Å²) in [5, 5.41) is 9.90. The van der Waals surface area contributed by atoms with Crippen molar-refractivity contribution >= 4 is 34.4 Å². The molecule has 0 radical (unpaired) electrons. The Kier molecular flexibility index (Phi) is 4.24. The summed E-state index contributed by atoms with van der Waals surface area (Å²) in [6.45, 7) is 0.326. The van der Waals surface area contributed by atoms with Crippen LogP contribution in [0, 0.1) is 18.3 Å². The van der Waals surface area contributed by atoms with Gasteiger partial charge < -0.3 is 10.3 Å². The molecule has 3 N–H and O–H groups in total. The maximum absolute atomic E-state index is 12.8. The van der Waals surface area contributed by atoms with Crippen molar-refractivity contribution in [1.29, 1.82) is 0 Å². The first-order chi connectivity index (χ1) is 13.5. The van der Waals surface area contributed by atoms with Crippen LogP contribution in [0.3, 0.4) is 0 Å². The normalized spacial score (nSPS) is 21.7. The summed E-state index contributed by atoms with van der Waals surface area (Å²) in [7, 11) is 0. The zero-order chi connectivity index (χ0) is 19.8. The summed E-state index contributed by atoms with van der Waals surface area (Å²) in [5.74, 6) is -0.168. The van der Waals surface area contributed by atoms with E-state index in [0.717, 1.165) is 21.4 Å². The van der Waals surface area contributed by atoms with Crippen LogP contribution >= 0.6 is 0 Å². The van der Waals surface area contributed by atoms with Crippen molar-refractivity contribution in [3.8, 4) is 12.3 Å². The van der Waals surface area contributed by atoms with Crippen molar-refractivity contribution < 1.29 is 14.4 Å². The number of barbiturate groups is 1. The van der Waals surface area contributed by atoms with Gasteiger partial charge in [-0.15, -0.1) is 6.42 Å². The number of rotatable bonds is 3. The number of H-pyrrole nitrogens is 1. The molecular formula is C18H15N7O3. The number of nitrogens with one attached hydrogen (secondary N) is 3. The van der Waals surface area contributed by atoms with Crippen molar-refractivity contribution in [2.75, 3.05) is 13.1 Å². The molecule has 1 aromatic carbocycles. The SMILES string of the molecule is C#CCN1C(=O)NC(=O)[C@@H]([C@H]2NCCc3c2[nH]c2ccc(N=[N+]=[N-])cc32)C1=O. The summed E-state index contributed by atoms with van der Waals surface area (Å²) < 4.78 is 0. The minimum atomic E-state index is -1.13. The Bertz CT molecular complexity index is 1110. The molecule has 140 valence electrons. The molecule has 28 heavy (non-hydrogen) atoms. The zero-order valence-corrected chi connectivity index (χ0v) is 14.6. The largest absolute Gasteiger partial charge is 0.357 e. The van der Waals surface area contributed by atoms with Crippen molar-refractivity contribution in [3.05, 3.63) is 39.9 Å². The number of carbonyl (C=O) groups excluding carboxylic acids is 3. The number of hydrogen-bond donors (Lipinski definition) is 3. The summed E-state index contributed by atoms with van der Waals surface area (Å²) >= 11 is 0. The third kappa shape index (κ3) is 2.66. The van der Waals surface area contributed by atoms with E-state index in [0.29, 0.717) is 24.3 Å². The lowest BCUT2D eigenvalue weighted by atomic mass is 9.87. The molecule has 2 aliphatic heterocycles. The van der Waals surface area contributed by atoms with Gasteiger partial charge in [-0.25, -0.2) is 4.79 Å². The molecule has 2 atom stereocenters. The van der Waals surface area contributed by atoms with Gasteiger partial charge in [0, 0.05) is 27.2 Å². The van der Waals surface area contributed by atoms with Gasteiger partial charge in [0.25, 0.3) is 0 Å². The fraction of sp³-hybridized carbons (Fsp3) is 0.278. The molecule has 2 aromatic rings. The second-order valence-corrected chi connectivity index (χ2v) is 6.52. The maximum Gasteiger partial charge on any atom is 0.331 e. The highest BCUT2D eigenvalue weighted by molar-refractivity contribution is 6.16. The van der Waals surface area contributed by atoms with Crippen molar-refractivity contribution in [3.63, 3.8) is 0 Å². The average molecular weight is 377 g/mol. The third-order valence-corrected chi connectivity index (χ3v) is 5.01. The van der Waals surface area contributed by atoms with Gasteiger partial charge in [-0.2, -0.15) is 0 Å². The number of aromatic nitrogens is 1. The van der Waals surface area contributed by atoms with E-state index in [9.17, 15) is 14.4 Å². The Balaban J connectivity index is 1.79. The highest BCUT2D eigenvalue weighted by Gasteiger charge is 2.46. The minimum absolute atomic E-state index is 0.212. The number of carbonyl (C=O) groups is 3. The molecule has 4 rings (SSSR count). The van der Waals surface area contributed by atoms with Gasteiger partial charge in [-0.1, -0.05) is 17.1 Å². The molecule has 1 fully saturated rings. The minimum Gasteiger partial charge on any atom is -0.357 e. The zero-order valence-electron chi connectivity index (χ0n) is 14.6. The molecular weight excluding hydrogens is 362 g/mol. The highest BCUT2D eigenvalue weighted by Crippen LogP contribution is 2.36. The van der Waals surface area contributed by atoms with E-state index in [-0.39, 0.29) is 6.54 Å². The molecule has 0 aliphatic carbocycles. The molecule has 0 bridgehead atoms. The van der Waals surface area contributed by atoms with Gasteiger partial charge in [0.1, 0.15) is 5.92 Å². The number of amides is 4. The van der Waals surface area contributed by atoms with Crippen molar-refractivity contribution in [2.45, 2.75) is 12.5 Å².